The Kier molecular flexibility index (Phi) is 4.55. The fraction of sp³-hybridized carbons (Fsp3) is 0.250. The molecule has 0 aliphatic carbocycles. The summed E-state index contributed by atoms with van der Waals surface area (Å²) in [6, 6.07) is 15.2. The Morgan fingerprint density at radius 2 is 1.89 bits per heavy atom. The molecule has 0 aromatic heterocycles. The Balaban J connectivity index is 2.23. The van der Waals surface area contributed by atoms with Gasteiger partial charge in [-0.3, -0.25) is 0 Å². The van der Waals surface area contributed by atoms with E-state index in [4.69, 9.17) is 9.47 Å². The molecule has 0 fully saturated rings. The van der Waals surface area contributed by atoms with E-state index in [1.54, 1.807) is 14.0 Å². The van der Waals surface area contributed by atoms with E-state index in [2.05, 4.69) is 0 Å². The maximum Gasteiger partial charge on any atom is 0.133 e. The van der Waals surface area contributed by atoms with Gasteiger partial charge in [0.15, 0.2) is 0 Å². The number of aliphatic hydroxyl groups excluding tert-OH is 1. The molecule has 0 spiro atoms. The third-order valence-electron chi connectivity index (χ3n) is 2.81. The van der Waals surface area contributed by atoms with Crippen LogP contribution in [0.15, 0.2) is 48.5 Å². The molecule has 0 saturated heterocycles. The van der Waals surface area contributed by atoms with Crippen LogP contribution in [0.25, 0.3) is 0 Å². The minimum Gasteiger partial charge on any atom is -0.457 e. The molecule has 0 aliphatic heterocycles. The number of hydrogen-bond donors (Lipinski definition) is 1. The summed E-state index contributed by atoms with van der Waals surface area (Å²) in [7, 11) is 1.66. The van der Waals surface area contributed by atoms with Gasteiger partial charge in [-0.1, -0.05) is 30.3 Å². The molecule has 0 radical (unpaired) electrons. The van der Waals surface area contributed by atoms with E-state index in [1.165, 1.54) is 0 Å². The van der Waals surface area contributed by atoms with Crippen molar-refractivity contribution in [3.05, 3.63) is 59.7 Å². The first-order chi connectivity index (χ1) is 9.20. The van der Waals surface area contributed by atoms with Gasteiger partial charge in [0.25, 0.3) is 0 Å². The van der Waals surface area contributed by atoms with Crippen molar-refractivity contribution >= 4 is 0 Å². The van der Waals surface area contributed by atoms with Crippen molar-refractivity contribution in [1.82, 2.24) is 0 Å². The number of aliphatic hydroxyl groups is 1. The summed E-state index contributed by atoms with van der Waals surface area (Å²) < 4.78 is 10.9. The molecule has 3 heteroatoms. The second-order valence-corrected chi connectivity index (χ2v) is 4.40. The molecule has 19 heavy (non-hydrogen) atoms. The highest BCUT2D eigenvalue weighted by atomic mass is 16.5. The molecular formula is C16H18O3. The second kappa shape index (κ2) is 6.36. The lowest BCUT2D eigenvalue weighted by Gasteiger charge is -2.13. The van der Waals surface area contributed by atoms with Crippen LogP contribution >= 0.6 is 0 Å². The summed E-state index contributed by atoms with van der Waals surface area (Å²) in [5.41, 5.74) is 1.83. The van der Waals surface area contributed by atoms with Crippen LogP contribution in [0.2, 0.25) is 0 Å². The average Bonchev–Trinajstić information content (AvgIpc) is 2.40. The second-order valence-electron chi connectivity index (χ2n) is 4.40. The van der Waals surface area contributed by atoms with Crippen LogP contribution in [0.4, 0.5) is 0 Å². The smallest absolute Gasteiger partial charge is 0.133 e. The van der Waals surface area contributed by atoms with Crippen LogP contribution in [0.1, 0.15) is 24.2 Å². The zero-order valence-electron chi connectivity index (χ0n) is 11.2. The Morgan fingerprint density at radius 3 is 2.63 bits per heavy atom. The minimum absolute atomic E-state index is 0.551. The molecule has 0 amide bonds. The zero-order chi connectivity index (χ0) is 13.7. The van der Waals surface area contributed by atoms with Gasteiger partial charge < -0.3 is 14.6 Å². The molecule has 100 valence electrons. The van der Waals surface area contributed by atoms with E-state index in [1.807, 2.05) is 48.5 Å². The van der Waals surface area contributed by atoms with Gasteiger partial charge in [0, 0.05) is 12.7 Å². The Hall–Kier alpha value is -1.84. The van der Waals surface area contributed by atoms with Gasteiger partial charge in [-0.05, 0) is 30.7 Å². The van der Waals surface area contributed by atoms with E-state index in [-0.39, 0.29) is 0 Å². The summed E-state index contributed by atoms with van der Waals surface area (Å²) in [4.78, 5) is 0. The van der Waals surface area contributed by atoms with Crippen LogP contribution in [-0.4, -0.2) is 12.2 Å². The monoisotopic (exact) mass is 258 g/mol. The van der Waals surface area contributed by atoms with E-state index in [9.17, 15) is 5.11 Å². The quantitative estimate of drug-likeness (QED) is 0.889. The first-order valence-corrected chi connectivity index (χ1v) is 6.23. The van der Waals surface area contributed by atoms with Crippen molar-refractivity contribution in [1.29, 1.82) is 0 Å². The summed E-state index contributed by atoms with van der Waals surface area (Å²) in [5.74, 6) is 1.41. The molecule has 0 saturated carbocycles. The molecule has 2 rings (SSSR count). The summed E-state index contributed by atoms with van der Waals surface area (Å²) >= 11 is 0. The number of rotatable bonds is 5. The maximum absolute atomic E-state index is 9.72. The fourth-order valence-electron chi connectivity index (χ4n) is 1.91. The van der Waals surface area contributed by atoms with E-state index < -0.39 is 6.10 Å². The number of para-hydroxylation sites is 1. The molecule has 0 aliphatic rings. The number of methoxy groups -OCH3 is 1. The molecular weight excluding hydrogens is 240 g/mol. The predicted octanol–water partition coefficient (Wildman–Crippen LogP) is 3.68. The average molecular weight is 258 g/mol. The van der Waals surface area contributed by atoms with Gasteiger partial charge >= 0.3 is 0 Å². The highest BCUT2D eigenvalue weighted by Crippen LogP contribution is 2.29. The van der Waals surface area contributed by atoms with E-state index in [0.29, 0.717) is 12.4 Å². The van der Waals surface area contributed by atoms with Crippen LogP contribution in [0.5, 0.6) is 11.5 Å². The van der Waals surface area contributed by atoms with E-state index in [0.717, 1.165) is 16.9 Å². The maximum atomic E-state index is 9.72. The normalized spacial score (nSPS) is 12.2. The first kappa shape index (κ1) is 13.6. The highest BCUT2D eigenvalue weighted by Gasteiger charge is 2.09. The third-order valence-corrected chi connectivity index (χ3v) is 2.81. The summed E-state index contributed by atoms with van der Waals surface area (Å²) in [6.45, 7) is 2.28. The van der Waals surface area contributed by atoms with Crippen LogP contribution in [-0.2, 0) is 11.3 Å². The first-order valence-electron chi connectivity index (χ1n) is 6.23. The van der Waals surface area contributed by atoms with Gasteiger partial charge in [0.2, 0.25) is 0 Å². The van der Waals surface area contributed by atoms with Gasteiger partial charge in [-0.2, -0.15) is 0 Å². The minimum atomic E-state index is -0.557. The SMILES string of the molecule is COCc1cccc(Oc2ccccc2[C@H](C)O)c1. The fourth-order valence-corrected chi connectivity index (χ4v) is 1.91. The molecule has 2 aromatic rings. The largest absolute Gasteiger partial charge is 0.457 e. The number of benzene rings is 2. The van der Waals surface area contributed by atoms with Crippen LogP contribution in [0, 0.1) is 0 Å². The van der Waals surface area contributed by atoms with E-state index >= 15 is 0 Å². The highest BCUT2D eigenvalue weighted by molar-refractivity contribution is 5.39. The molecule has 1 N–H and O–H groups in total. The van der Waals surface area contributed by atoms with Crippen molar-refractivity contribution in [2.45, 2.75) is 19.6 Å². The molecule has 0 heterocycles. The van der Waals surface area contributed by atoms with Crippen LogP contribution < -0.4 is 4.74 Å². The zero-order valence-corrected chi connectivity index (χ0v) is 11.2. The van der Waals surface area contributed by atoms with Gasteiger partial charge in [0.05, 0.1) is 12.7 Å². The Labute approximate surface area is 113 Å². The molecule has 1 atom stereocenters. The summed E-state index contributed by atoms with van der Waals surface area (Å²) in [5, 5.41) is 9.72. The van der Waals surface area contributed by atoms with Crippen molar-refractivity contribution in [2.24, 2.45) is 0 Å². The standard InChI is InChI=1S/C16H18O3/c1-12(17)15-8-3-4-9-16(15)19-14-7-5-6-13(10-14)11-18-2/h3-10,12,17H,11H2,1-2H3/t12-/m0/s1. The van der Waals surface area contributed by atoms with Gasteiger partial charge in [-0.25, -0.2) is 0 Å². The van der Waals surface area contributed by atoms with Gasteiger partial charge in [-0.15, -0.1) is 0 Å². The number of ether oxygens (including phenoxy) is 2. The topological polar surface area (TPSA) is 38.7 Å². The van der Waals surface area contributed by atoms with Crippen molar-refractivity contribution in [3.8, 4) is 11.5 Å². The molecule has 2 aromatic carbocycles. The molecule has 0 bridgehead atoms. The number of hydrogen-bond acceptors (Lipinski definition) is 3. The van der Waals surface area contributed by atoms with Crippen molar-refractivity contribution in [2.75, 3.05) is 7.11 Å². The summed E-state index contributed by atoms with van der Waals surface area (Å²) in [6.07, 6.45) is -0.557. The lowest BCUT2D eigenvalue weighted by molar-refractivity contribution is 0.184. The van der Waals surface area contributed by atoms with Crippen molar-refractivity contribution in [3.63, 3.8) is 0 Å². The third kappa shape index (κ3) is 3.56. The molecule has 0 unspecified atom stereocenters. The Bertz CT molecular complexity index is 535. The van der Waals surface area contributed by atoms with Gasteiger partial charge in [0.1, 0.15) is 11.5 Å². The lowest BCUT2D eigenvalue weighted by Crippen LogP contribution is -1.96. The Morgan fingerprint density at radius 1 is 1.11 bits per heavy atom. The van der Waals surface area contributed by atoms with Crippen molar-refractivity contribution < 1.29 is 14.6 Å². The molecule has 3 nitrogen and oxygen atoms in total. The lowest BCUT2D eigenvalue weighted by atomic mass is 10.1. The van der Waals surface area contributed by atoms with Crippen LogP contribution in [0.3, 0.4) is 0 Å². The predicted molar refractivity (Wildman–Crippen MR) is 74.3 cm³/mol.